The second-order valence-corrected chi connectivity index (χ2v) is 6.10. The van der Waals surface area contributed by atoms with E-state index < -0.39 is 0 Å². The molecule has 0 saturated carbocycles. The molecule has 0 bridgehead atoms. The molecule has 2 aliphatic heterocycles. The number of ether oxygens (including phenoxy) is 1. The van der Waals surface area contributed by atoms with Gasteiger partial charge in [0.2, 0.25) is 5.91 Å². The molecule has 1 aromatic rings. The van der Waals surface area contributed by atoms with Crippen LogP contribution in [-0.4, -0.2) is 59.5 Å². The summed E-state index contributed by atoms with van der Waals surface area (Å²) in [5.74, 6) is 0.401. The van der Waals surface area contributed by atoms with Gasteiger partial charge >= 0.3 is 0 Å². The molecule has 0 spiro atoms. The van der Waals surface area contributed by atoms with Gasteiger partial charge in [0, 0.05) is 38.2 Å². The number of nitrogens with one attached hydrogen (secondary N) is 2. The lowest BCUT2D eigenvalue weighted by atomic mass is 9.99. The highest BCUT2D eigenvalue weighted by molar-refractivity contribution is 5.92. The van der Waals surface area contributed by atoms with Crippen LogP contribution in [0.2, 0.25) is 0 Å². The first-order valence-electron chi connectivity index (χ1n) is 7.75. The summed E-state index contributed by atoms with van der Waals surface area (Å²) in [5, 5.41) is 2.92. The number of carbonyl (C=O) groups is 2. The summed E-state index contributed by atoms with van der Waals surface area (Å²) in [5.41, 5.74) is -0.166. The van der Waals surface area contributed by atoms with Gasteiger partial charge in [-0.3, -0.25) is 14.4 Å². The van der Waals surface area contributed by atoms with Crippen molar-refractivity contribution >= 4 is 11.8 Å². The van der Waals surface area contributed by atoms with Crippen LogP contribution < -0.4 is 10.9 Å². The average molecular weight is 320 g/mol. The number of carbonyl (C=O) groups excluding carboxylic acids is 2. The molecule has 0 aromatic carbocycles. The largest absolute Gasteiger partial charge is 0.381 e. The predicted octanol–water partition coefficient (Wildman–Crippen LogP) is -0.697. The third-order valence-electron chi connectivity index (χ3n) is 4.19. The molecule has 2 fully saturated rings. The van der Waals surface area contributed by atoms with Crippen LogP contribution in [-0.2, 0) is 9.53 Å². The van der Waals surface area contributed by atoms with E-state index in [2.05, 4.69) is 15.3 Å². The Bertz CT molecular complexity index is 660. The number of likely N-dealkylation sites (tertiary alicyclic amines) is 1. The Morgan fingerprint density at radius 1 is 1.48 bits per heavy atom. The molecule has 0 radical (unpaired) electrons. The lowest BCUT2D eigenvalue weighted by molar-refractivity contribution is -0.125. The summed E-state index contributed by atoms with van der Waals surface area (Å²) in [6.45, 7) is 4.46. The molecular formula is C15H20N4O4. The molecule has 1 atom stereocenters. The fourth-order valence-electron chi connectivity index (χ4n) is 2.85. The van der Waals surface area contributed by atoms with Crippen molar-refractivity contribution in [1.82, 2.24) is 20.2 Å². The van der Waals surface area contributed by atoms with Crippen LogP contribution in [0.25, 0.3) is 0 Å². The Labute approximate surface area is 133 Å². The highest BCUT2D eigenvalue weighted by Crippen LogP contribution is 2.18. The third kappa shape index (κ3) is 3.58. The zero-order valence-electron chi connectivity index (χ0n) is 13.0. The Kier molecular flexibility index (Phi) is 4.42. The first-order valence-corrected chi connectivity index (χ1v) is 7.75. The van der Waals surface area contributed by atoms with Crippen molar-refractivity contribution in [2.24, 2.45) is 11.8 Å². The average Bonchev–Trinajstić information content (AvgIpc) is 2.98. The van der Waals surface area contributed by atoms with Crippen molar-refractivity contribution < 1.29 is 14.3 Å². The zero-order valence-corrected chi connectivity index (χ0v) is 13.0. The fourth-order valence-corrected chi connectivity index (χ4v) is 2.85. The van der Waals surface area contributed by atoms with Crippen LogP contribution in [0.5, 0.6) is 0 Å². The molecule has 2 saturated heterocycles. The number of nitrogens with zero attached hydrogens (tertiary/aromatic N) is 2. The van der Waals surface area contributed by atoms with E-state index in [1.54, 1.807) is 11.8 Å². The van der Waals surface area contributed by atoms with Crippen LogP contribution in [0.3, 0.4) is 0 Å². The summed E-state index contributed by atoms with van der Waals surface area (Å²) in [6.07, 6.45) is 0.773. The Morgan fingerprint density at radius 3 is 2.91 bits per heavy atom. The second-order valence-electron chi connectivity index (χ2n) is 6.10. The van der Waals surface area contributed by atoms with E-state index in [0.717, 1.165) is 6.42 Å². The molecule has 2 aliphatic rings. The molecule has 1 aromatic heterocycles. The van der Waals surface area contributed by atoms with Gasteiger partial charge in [-0.2, -0.15) is 0 Å². The Balaban J connectivity index is 1.46. The Hall–Kier alpha value is -2.22. The van der Waals surface area contributed by atoms with Gasteiger partial charge in [-0.25, -0.2) is 4.98 Å². The fraction of sp³-hybridized carbons (Fsp3) is 0.600. The molecule has 8 heteroatoms. The van der Waals surface area contributed by atoms with Gasteiger partial charge in [-0.05, 0) is 13.3 Å². The lowest BCUT2D eigenvalue weighted by Crippen LogP contribution is -2.54. The molecule has 8 nitrogen and oxygen atoms in total. The minimum atomic E-state index is -0.330. The van der Waals surface area contributed by atoms with Crippen molar-refractivity contribution in [3.8, 4) is 0 Å². The predicted molar refractivity (Wildman–Crippen MR) is 80.9 cm³/mol. The topological polar surface area (TPSA) is 104 Å². The van der Waals surface area contributed by atoms with Crippen LogP contribution in [0.15, 0.2) is 10.9 Å². The number of aromatic amines is 1. The van der Waals surface area contributed by atoms with Crippen LogP contribution in [0.4, 0.5) is 0 Å². The van der Waals surface area contributed by atoms with Crippen LogP contribution in [0.1, 0.15) is 22.7 Å². The minimum Gasteiger partial charge on any atom is -0.381 e. The zero-order chi connectivity index (χ0) is 16.4. The highest BCUT2D eigenvalue weighted by Gasteiger charge is 2.33. The molecule has 3 heterocycles. The van der Waals surface area contributed by atoms with Crippen LogP contribution >= 0.6 is 0 Å². The molecule has 2 amide bonds. The van der Waals surface area contributed by atoms with Gasteiger partial charge in [-0.1, -0.05) is 0 Å². The van der Waals surface area contributed by atoms with Gasteiger partial charge in [0.25, 0.3) is 11.5 Å². The molecule has 2 N–H and O–H groups in total. The number of rotatable bonds is 4. The van der Waals surface area contributed by atoms with E-state index in [1.165, 1.54) is 6.07 Å². The molecule has 0 unspecified atom stereocenters. The van der Waals surface area contributed by atoms with Crippen molar-refractivity contribution in [3.05, 3.63) is 27.9 Å². The van der Waals surface area contributed by atoms with Gasteiger partial charge in [0.15, 0.2) is 0 Å². The number of H-pyrrole nitrogens is 1. The molecule has 0 aliphatic carbocycles. The maximum absolute atomic E-state index is 12.2. The summed E-state index contributed by atoms with van der Waals surface area (Å²) in [4.78, 5) is 43.7. The summed E-state index contributed by atoms with van der Waals surface area (Å²) < 4.78 is 5.19. The number of aryl methyl sites for hydroxylation is 1. The maximum Gasteiger partial charge on any atom is 0.272 e. The van der Waals surface area contributed by atoms with Crippen molar-refractivity contribution in [1.29, 1.82) is 0 Å². The van der Waals surface area contributed by atoms with E-state index in [0.29, 0.717) is 38.7 Å². The van der Waals surface area contributed by atoms with E-state index in [1.807, 2.05) is 0 Å². The SMILES string of the molecule is Cc1nc(C(=O)N2CC(CNC(=O)[C@@H]3CCOC3)C2)cc(=O)[nH]1. The number of amides is 2. The quantitative estimate of drug-likeness (QED) is 0.763. The normalized spacial score (nSPS) is 21.1. The number of aromatic nitrogens is 2. The van der Waals surface area contributed by atoms with Gasteiger partial charge in [0.05, 0.1) is 12.5 Å². The Morgan fingerprint density at radius 2 is 2.26 bits per heavy atom. The third-order valence-corrected chi connectivity index (χ3v) is 4.19. The number of hydrogen-bond donors (Lipinski definition) is 2. The van der Waals surface area contributed by atoms with Crippen molar-refractivity contribution in [2.75, 3.05) is 32.8 Å². The first kappa shape index (κ1) is 15.7. The molecule has 124 valence electrons. The smallest absolute Gasteiger partial charge is 0.272 e. The van der Waals surface area contributed by atoms with Gasteiger partial charge in [-0.15, -0.1) is 0 Å². The standard InChI is InChI=1S/C15H20N4O4/c1-9-17-12(4-13(20)18-9)15(22)19-6-10(7-19)5-16-14(21)11-2-3-23-8-11/h4,10-11H,2-3,5-8H2,1H3,(H,16,21)(H,17,18,20)/t11-/m1/s1. The molecule has 3 rings (SSSR count). The molecular weight excluding hydrogens is 300 g/mol. The van der Waals surface area contributed by atoms with E-state index in [-0.39, 0.29) is 34.9 Å². The second kappa shape index (κ2) is 6.49. The monoisotopic (exact) mass is 320 g/mol. The summed E-state index contributed by atoms with van der Waals surface area (Å²) in [6, 6.07) is 1.21. The van der Waals surface area contributed by atoms with Gasteiger partial charge in [0.1, 0.15) is 11.5 Å². The van der Waals surface area contributed by atoms with Crippen LogP contribution in [0, 0.1) is 18.8 Å². The van der Waals surface area contributed by atoms with E-state index in [9.17, 15) is 14.4 Å². The summed E-state index contributed by atoms with van der Waals surface area (Å²) >= 11 is 0. The van der Waals surface area contributed by atoms with Crippen molar-refractivity contribution in [3.63, 3.8) is 0 Å². The van der Waals surface area contributed by atoms with E-state index in [4.69, 9.17) is 4.74 Å². The summed E-state index contributed by atoms with van der Waals surface area (Å²) in [7, 11) is 0. The maximum atomic E-state index is 12.2. The molecule has 23 heavy (non-hydrogen) atoms. The highest BCUT2D eigenvalue weighted by atomic mass is 16.5. The van der Waals surface area contributed by atoms with Crippen molar-refractivity contribution in [2.45, 2.75) is 13.3 Å². The first-order chi connectivity index (χ1) is 11.0. The lowest BCUT2D eigenvalue weighted by Gasteiger charge is -2.39. The van der Waals surface area contributed by atoms with E-state index >= 15 is 0 Å². The number of hydrogen-bond acceptors (Lipinski definition) is 5. The van der Waals surface area contributed by atoms with Gasteiger partial charge < -0.3 is 19.9 Å². The minimum absolute atomic E-state index is 0.0270.